The third-order valence-corrected chi connectivity index (χ3v) is 3.77. The van der Waals surface area contributed by atoms with Crippen LogP contribution in [0.4, 0.5) is 17.2 Å². The molecule has 0 unspecified atom stereocenters. The van der Waals surface area contributed by atoms with Gasteiger partial charge in [0.15, 0.2) is 11.5 Å². The Morgan fingerprint density at radius 3 is 2.32 bits per heavy atom. The summed E-state index contributed by atoms with van der Waals surface area (Å²) in [6.07, 6.45) is 0. The van der Waals surface area contributed by atoms with E-state index in [0.29, 0.717) is 24.7 Å². The van der Waals surface area contributed by atoms with Crippen LogP contribution in [0.25, 0.3) is 0 Å². The topological polar surface area (TPSA) is 85.4 Å². The van der Waals surface area contributed by atoms with Crippen LogP contribution in [0, 0.1) is 0 Å². The number of hydrogen-bond acceptors (Lipinski definition) is 6. The van der Waals surface area contributed by atoms with Gasteiger partial charge in [0.1, 0.15) is 11.5 Å². The van der Waals surface area contributed by atoms with Crippen LogP contribution in [0.5, 0.6) is 11.5 Å². The minimum atomic E-state index is -0.335. The summed E-state index contributed by atoms with van der Waals surface area (Å²) in [5.74, 6) is 1.66. The number of ether oxygens (including phenoxy) is 2. The van der Waals surface area contributed by atoms with Gasteiger partial charge in [0.2, 0.25) is 0 Å². The number of para-hydroxylation sites is 2. The van der Waals surface area contributed by atoms with Crippen molar-refractivity contribution >= 4 is 23.1 Å². The average Bonchev–Trinajstić information content (AvgIpc) is 2.72. The number of carbonyl (C=O) groups excluding carboxylic acids is 1. The lowest BCUT2D eigenvalue weighted by Gasteiger charge is -2.11. The third-order valence-electron chi connectivity index (χ3n) is 3.77. The fraction of sp³-hybridized carbons (Fsp3) is 0.190. The Hall–Kier alpha value is -3.61. The van der Waals surface area contributed by atoms with Crippen molar-refractivity contribution in [1.82, 2.24) is 10.2 Å². The predicted octanol–water partition coefficient (Wildman–Crippen LogP) is 4.27. The minimum Gasteiger partial charge on any atom is -0.494 e. The molecule has 7 heteroatoms. The number of nitrogens with one attached hydrogen (secondary N) is 2. The van der Waals surface area contributed by atoms with Crippen molar-refractivity contribution in [2.24, 2.45) is 0 Å². The summed E-state index contributed by atoms with van der Waals surface area (Å²) < 4.78 is 11.0. The van der Waals surface area contributed by atoms with Crippen molar-refractivity contribution in [1.29, 1.82) is 0 Å². The largest absolute Gasteiger partial charge is 0.494 e. The van der Waals surface area contributed by atoms with Gasteiger partial charge in [-0.05, 0) is 62.4 Å². The molecular weight excluding hydrogens is 356 g/mol. The maximum absolute atomic E-state index is 12.3. The Labute approximate surface area is 163 Å². The second kappa shape index (κ2) is 9.36. The molecule has 0 saturated heterocycles. The molecule has 0 radical (unpaired) electrons. The van der Waals surface area contributed by atoms with Crippen molar-refractivity contribution in [3.8, 4) is 11.5 Å². The third kappa shape index (κ3) is 4.97. The van der Waals surface area contributed by atoms with Gasteiger partial charge < -0.3 is 20.1 Å². The number of aromatic nitrogens is 2. The number of amides is 1. The maximum Gasteiger partial charge on any atom is 0.276 e. The van der Waals surface area contributed by atoms with Crippen molar-refractivity contribution in [3.63, 3.8) is 0 Å². The highest BCUT2D eigenvalue weighted by atomic mass is 16.5. The SMILES string of the molecule is CCOc1ccc(NC(=O)c2ccc(Nc3ccccc3OCC)nn2)cc1. The molecule has 2 N–H and O–H groups in total. The molecule has 7 nitrogen and oxygen atoms in total. The van der Waals surface area contributed by atoms with Gasteiger partial charge in [0.05, 0.1) is 18.9 Å². The van der Waals surface area contributed by atoms with Crippen molar-refractivity contribution < 1.29 is 14.3 Å². The highest BCUT2D eigenvalue weighted by molar-refractivity contribution is 6.02. The molecule has 0 saturated carbocycles. The van der Waals surface area contributed by atoms with Crippen LogP contribution >= 0.6 is 0 Å². The zero-order valence-corrected chi connectivity index (χ0v) is 15.8. The molecular formula is C21H22N4O3. The van der Waals surface area contributed by atoms with Crippen LogP contribution in [0.2, 0.25) is 0 Å². The lowest BCUT2D eigenvalue weighted by atomic mass is 10.2. The molecule has 2 aromatic carbocycles. The molecule has 0 aliphatic heterocycles. The standard InChI is InChI=1S/C21H22N4O3/c1-3-27-16-11-9-15(10-12-16)22-21(26)18-13-14-20(25-24-18)23-17-7-5-6-8-19(17)28-4-2/h5-14H,3-4H2,1-2H3,(H,22,26)(H,23,25). The fourth-order valence-electron chi connectivity index (χ4n) is 2.51. The van der Waals surface area contributed by atoms with Gasteiger partial charge in [-0.15, -0.1) is 10.2 Å². The second-order valence-corrected chi connectivity index (χ2v) is 5.77. The van der Waals surface area contributed by atoms with Gasteiger partial charge in [-0.1, -0.05) is 12.1 Å². The molecule has 144 valence electrons. The first kappa shape index (κ1) is 19.2. The highest BCUT2D eigenvalue weighted by Crippen LogP contribution is 2.26. The summed E-state index contributed by atoms with van der Waals surface area (Å²) >= 11 is 0. The monoisotopic (exact) mass is 378 g/mol. The molecule has 3 aromatic rings. The summed E-state index contributed by atoms with van der Waals surface area (Å²) in [6, 6.07) is 18.0. The Morgan fingerprint density at radius 1 is 0.893 bits per heavy atom. The number of anilines is 3. The minimum absolute atomic E-state index is 0.220. The van der Waals surface area contributed by atoms with Gasteiger partial charge in [-0.2, -0.15) is 0 Å². The Morgan fingerprint density at radius 2 is 1.64 bits per heavy atom. The first-order chi connectivity index (χ1) is 13.7. The fourth-order valence-corrected chi connectivity index (χ4v) is 2.51. The van der Waals surface area contributed by atoms with E-state index >= 15 is 0 Å². The van der Waals surface area contributed by atoms with E-state index in [1.165, 1.54) is 0 Å². The number of hydrogen-bond donors (Lipinski definition) is 2. The van der Waals surface area contributed by atoms with Crippen LogP contribution in [0.3, 0.4) is 0 Å². The first-order valence-corrected chi connectivity index (χ1v) is 9.06. The molecule has 1 amide bonds. The van der Waals surface area contributed by atoms with E-state index in [0.717, 1.165) is 17.2 Å². The molecule has 3 rings (SSSR count). The van der Waals surface area contributed by atoms with E-state index in [1.54, 1.807) is 36.4 Å². The molecule has 28 heavy (non-hydrogen) atoms. The summed E-state index contributed by atoms with van der Waals surface area (Å²) in [5.41, 5.74) is 1.66. The summed E-state index contributed by atoms with van der Waals surface area (Å²) in [7, 11) is 0. The van der Waals surface area contributed by atoms with E-state index in [4.69, 9.17) is 9.47 Å². The van der Waals surface area contributed by atoms with Crippen molar-refractivity contribution in [2.75, 3.05) is 23.8 Å². The van der Waals surface area contributed by atoms with Gasteiger partial charge in [0, 0.05) is 5.69 Å². The average molecular weight is 378 g/mol. The van der Waals surface area contributed by atoms with E-state index in [2.05, 4.69) is 20.8 Å². The molecule has 0 bridgehead atoms. The van der Waals surface area contributed by atoms with Gasteiger partial charge in [-0.3, -0.25) is 4.79 Å². The molecule has 0 aliphatic carbocycles. The number of carbonyl (C=O) groups is 1. The van der Waals surface area contributed by atoms with Crippen molar-refractivity contribution in [3.05, 3.63) is 66.4 Å². The number of rotatable bonds is 8. The van der Waals surface area contributed by atoms with Gasteiger partial charge in [-0.25, -0.2) is 0 Å². The van der Waals surface area contributed by atoms with E-state index in [1.807, 2.05) is 38.1 Å². The van der Waals surface area contributed by atoms with E-state index in [-0.39, 0.29) is 11.6 Å². The summed E-state index contributed by atoms with van der Waals surface area (Å²) in [6.45, 7) is 5.00. The second-order valence-electron chi connectivity index (χ2n) is 5.77. The molecule has 0 aliphatic rings. The van der Waals surface area contributed by atoms with Crippen LogP contribution in [0.15, 0.2) is 60.7 Å². The van der Waals surface area contributed by atoms with E-state index < -0.39 is 0 Å². The summed E-state index contributed by atoms with van der Waals surface area (Å²) in [5, 5.41) is 14.0. The predicted molar refractivity (Wildman–Crippen MR) is 108 cm³/mol. The smallest absolute Gasteiger partial charge is 0.276 e. The highest BCUT2D eigenvalue weighted by Gasteiger charge is 2.10. The van der Waals surface area contributed by atoms with Gasteiger partial charge in [0.25, 0.3) is 5.91 Å². The Balaban J connectivity index is 1.64. The summed E-state index contributed by atoms with van der Waals surface area (Å²) in [4.78, 5) is 12.3. The maximum atomic E-state index is 12.3. The quantitative estimate of drug-likeness (QED) is 0.609. The zero-order chi connectivity index (χ0) is 19.8. The Kier molecular flexibility index (Phi) is 6.41. The Bertz CT molecular complexity index is 912. The van der Waals surface area contributed by atoms with Crippen LogP contribution < -0.4 is 20.1 Å². The molecule has 1 aromatic heterocycles. The molecule has 0 atom stereocenters. The lowest BCUT2D eigenvalue weighted by Crippen LogP contribution is -2.14. The van der Waals surface area contributed by atoms with Crippen LogP contribution in [0.1, 0.15) is 24.3 Å². The first-order valence-electron chi connectivity index (χ1n) is 9.06. The van der Waals surface area contributed by atoms with E-state index in [9.17, 15) is 4.79 Å². The van der Waals surface area contributed by atoms with Crippen LogP contribution in [-0.4, -0.2) is 29.3 Å². The van der Waals surface area contributed by atoms with Crippen LogP contribution in [-0.2, 0) is 0 Å². The normalized spacial score (nSPS) is 10.2. The number of nitrogens with zero attached hydrogens (tertiary/aromatic N) is 2. The lowest BCUT2D eigenvalue weighted by molar-refractivity contribution is 0.102. The zero-order valence-electron chi connectivity index (χ0n) is 15.8. The van der Waals surface area contributed by atoms with Crippen molar-refractivity contribution in [2.45, 2.75) is 13.8 Å². The molecule has 0 fully saturated rings. The molecule has 1 heterocycles. The molecule has 0 spiro atoms. The number of benzene rings is 2. The van der Waals surface area contributed by atoms with Gasteiger partial charge >= 0.3 is 0 Å².